The van der Waals surface area contributed by atoms with Gasteiger partial charge in [0.25, 0.3) is 0 Å². The average Bonchev–Trinajstić information content (AvgIpc) is 1.86. The zero-order valence-corrected chi connectivity index (χ0v) is 4.12. The summed E-state index contributed by atoms with van der Waals surface area (Å²) in [4.78, 5) is 10.2. The van der Waals surface area contributed by atoms with Crippen LogP contribution in [0.4, 0.5) is 0 Å². The van der Waals surface area contributed by atoms with E-state index in [0.717, 1.165) is 0 Å². The van der Waals surface area contributed by atoms with Crippen molar-refractivity contribution in [3.05, 3.63) is 5.75 Å². The van der Waals surface area contributed by atoms with Gasteiger partial charge in [0.05, 0.1) is 5.75 Å². The lowest BCUT2D eigenvalue weighted by Crippen LogP contribution is -1.88. The van der Waals surface area contributed by atoms with Gasteiger partial charge in [-0.05, 0) is 0 Å². The van der Waals surface area contributed by atoms with Crippen LogP contribution in [0.25, 0.3) is 0 Å². The van der Waals surface area contributed by atoms with Gasteiger partial charge < -0.3 is 0 Å². The van der Waals surface area contributed by atoms with Crippen molar-refractivity contribution in [2.45, 2.75) is 6.42 Å². The molecule has 0 aromatic heterocycles. The van der Waals surface area contributed by atoms with Crippen molar-refractivity contribution in [3.8, 4) is 0 Å². The molecule has 1 saturated heterocycles. The Morgan fingerprint density at radius 1 is 1.83 bits per heavy atom. The molecular formula is C4H5OS. The largest absolute Gasteiger partial charge is 0.299 e. The van der Waals surface area contributed by atoms with Crippen molar-refractivity contribution in [1.82, 2.24) is 0 Å². The quantitative estimate of drug-likeness (QED) is 0.450. The van der Waals surface area contributed by atoms with Crippen molar-refractivity contribution < 1.29 is 4.79 Å². The topological polar surface area (TPSA) is 17.1 Å². The Hall–Kier alpha value is 0.0200. The molecule has 0 amide bonds. The van der Waals surface area contributed by atoms with Crippen molar-refractivity contribution in [2.24, 2.45) is 0 Å². The number of ketones is 1. The van der Waals surface area contributed by atoms with E-state index >= 15 is 0 Å². The third kappa shape index (κ3) is 0.744. The van der Waals surface area contributed by atoms with Gasteiger partial charge in [-0.3, -0.25) is 4.79 Å². The summed E-state index contributed by atoms with van der Waals surface area (Å²) in [6.45, 7) is 0. The lowest BCUT2D eigenvalue weighted by atomic mass is 10.4. The lowest BCUT2D eigenvalue weighted by molar-refractivity contribution is -0.115. The van der Waals surface area contributed by atoms with E-state index in [1.807, 2.05) is 5.75 Å². The minimum Gasteiger partial charge on any atom is -0.299 e. The molecule has 1 aliphatic heterocycles. The highest BCUT2D eigenvalue weighted by Crippen LogP contribution is 2.17. The molecule has 1 fully saturated rings. The maximum absolute atomic E-state index is 10.2. The van der Waals surface area contributed by atoms with Crippen LogP contribution in [0, 0.1) is 5.75 Å². The van der Waals surface area contributed by atoms with Crippen LogP contribution in [0.15, 0.2) is 0 Å². The van der Waals surface area contributed by atoms with Gasteiger partial charge in [0.15, 0.2) is 0 Å². The van der Waals surface area contributed by atoms with E-state index in [1.54, 1.807) is 11.8 Å². The van der Waals surface area contributed by atoms with E-state index in [0.29, 0.717) is 18.0 Å². The predicted octanol–water partition coefficient (Wildman–Crippen LogP) is 0.854. The fourth-order valence-electron chi connectivity index (χ4n) is 0.363. The molecule has 2 heteroatoms. The summed E-state index contributed by atoms with van der Waals surface area (Å²) in [5.41, 5.74) is 0. The molecule has 0 saturated carbocycles. The maximum atomic E-state index is 10.2. The van der Waals surface area contributed by atoms with E-state index in [-0.39, 0.29) is 0 Å². The average molecular weight is 101 g/mol. The number of thioether (sulfide) groups is 1. The maximum Gasteiger partial charge on any atom is 0.143 e. The van der Waals surface area contributed by atoms with Crippen LogP contribution >= 0.6 is 11.8 Å². The second-order valence-electron chi connectivity index (χ2n) is 1.22. The molecule has 0 aliphatic carbocycles. The minimum absolute atomic E-state index is 0.361. The molecule has 1 aliphatic rings. The molecule has 0 aromatic carbocycles. The SMILES string of the molecule is O=C1C[CH]SC1. The first-order valence-corrected chi connectivity index (χ1v) is 2.89. The number of rotatable bonds is 0. The van der Waals surface area contributed by atoms with Gasteiger partial charge in [0, 0.05) is 12.2 Å². The number of carbonyl (C=O) groups excluding carboxylic acids is 1. The summed E-state index contributed by atoms with van der Waals surface area (Å²) in [6.07, 6.45) is 0.685. The fraction of sp³-hybridized carbons (Fsp3) is 0.500. The molecule has 0 spiro atoms. The fourth-order valence-corrected chi connectivity index (χ4v) is 1.09. The van der Waals surface area contributed by atoms with Gasteiger partial charge in [-0.2, -0.15) is 0 Å². The van der Waals surface area contributed by atoms with Crippen LogP contribution in [0.2, 0.25) is 0 Å². The third-order valence-corrected chi connectivity index (χ3v) is 1.56. The highest BCUT2D eigenvalue weighted by Gasteiger charge is 2.08. The molecule has 33 valence electrons. The Morgan fingerprint density at radius 2 is 2.67 bits per heavy atom. The smallest absolute Gasteiger partial charge is 0.143 e. The Bertz CT molecular complexity index is 61.9. The summed E-state index contributed by atoms with van der Waals surface area (Å²) in [5, 5.41) is 0. The summed E-state index contributed by atoms with van der Waals surface area (Å²) in [7, 11) is 0. The van der Waals surface area contributed by atoms with Crippen molar-refractivity contribution >= 4 is 17.5 Å². The lowest BCUT2D eigenvalue weighted by Gasteiger charge is -1.70. The monoisotopic (exact) mass is 101 g/mol. The molecule has 1 heterocycles. The summed E-state index contributed by atoms with van der Waals surface area (Å²) < 4.78 is 0. The van der Waals surface area contributed by atoms with E-state index in [4.69, 9.17) is 0 Å². The van der Waals surface area contributed by atoms with E-state index in [2.05, 4.69) is 0 Å². The Kier molecular flexibility index (Phi) is 1.15. The molecule has 0 aromatic rings. The minimum atomic E-state index is 0.361. The first-order chi connectivity index (χ1) is 2.89. The van der Waals surface area contributed by atoms with Crippen LogP contribution in [0.1, 0.15) is 6.42 Å². The third-order valence-electron chi connectivity index (χ3n) is 0.673. The van der Waals surface area contributed by atoms with Crippen LogP contribution < -0.4 is 0 Å². The van der Waals surface area contributed by atoms with Crippen LogP contribution in [-0.4, -0.2) is 11.5 Å². The molecule has 6 heavy (non-hydrogen) atoms. The highest BCUT2D eigenvalue weighted by molar-refractivity contribution is 8.02. The van der Waals surface area contributed by atoms with Crippen molar-refractivity contribution in [2.75, 3.05) is 5.75 Å². The van der Waals surface area contributed by atoms with E-state index in [1.165, 1.54) is 0 Å². The molecule has 1 rings (SSSR count). The van der Waals surface area contributed by atoms with Crippen LogP contribution in [0.5, 0.6) is 0 Å². The normalized spacial score (nSPS) is 22.3. The Morgan fingerprint density at radius 3 is 2.83 bits per heavy atom. The number of Topliss-reactive ketones (excluding diaryl/α,β-unsaturated/α-hetero) is 1. The zero-order chi connectivity index (χ0) is 4.41. The number of hydrogen-bond acceptors (Lipinski definition) is 2. The van der Waals surface area contributed by atoms with Gasteiger partial charge in [-0.25, -0.2) is 0 Å². The van der Waals surface area contributed by atoms with E-state index < -0.39 is 0 Å². The second-order valence-corrected chi connectivity index (χ2v) is 2.18. The van der Waals surface area contributed by atoms with Gasteiger partial charge in [-0.1, -0.05) is 0 Å². The molecule has 0 N–H and O–H groups in total. The standard InChI is InChI=1S/C4H5OS/c5-4-1-2-6-3-4/h2H,1,3H2. The first-order valence-electron chi connectivity index (χ1n) is 1.84. The summed E-state index contributed by atoms with van der Waals surface area (Å²) >= 11 is 1.61. The molecule has 1 radical (unpaired) electrons. The molecular weight excluding hydrogens is 96.1 g/mol. The summed E-state index contributed by atoms with van der Waals surface area (Å²) in [6, 6.07) is 0. The first kappa shape index (κ1) is 4.19. The van der Waals surface area contributed by atoms with Gasteiger partial charge in [0.2, 0.25) is 0 Å². The number of hydrogen-bond donors (Lipinski definition) is 0. The Labute approximate surface area is 41.1 Å². The second kappa shape index (κ2) is 1.65. The molecule has 0 bridgehead atoms. The van der Waals surface area contributed by atoms with Crippen molar-refractivity contribution in [3.63, 3.8) is 0 Å². The highest BCUT2D eigenvalue weighted by atomic mass is 32.2. The summed E-state index contributed by atoms with van der Waals surface area (Å²) in [5.74, 6) is 3.02. The number of carbonyl (C=O) groups is 1. The molecule has 0 atom stereocenters. The van der Waals surface area contributed by atoms with E-state index in [9.17, 15) is 4.79 Å². The van der Waals surface area contributed by atoms with Gasteiger partial charge in [-0.15, -0.1) is 11.8 Å². The van der Waals surface area contributed by atoms with Crippen LogP contribution in [0.3, 0.4) is 0 Å². The van der Waals surface area contributed by atoms with Crippen molar-refractivity contribution in [1.29, 1.82) is 0 Å². The zero-order valence-electron chi connectivity index (χ0n) is 3.31. The molecule has 0 unspecified atom stereocenters. The Balaban J connectivity index is 2.37. The predicted molar refractivity (Wildman–Crippen MR) is 26.4 cm³/mol. The van der Waals surface area contributed by atoms with Crippen LogP contribution in [-0.2, 0) is 4.79 Å². The van der Waals surface area contributed by atoms with Gasteiger partial charge in [0.1, 0.15) is 5.78 Å². The molecule has 1 nitrogen and oxygen atoms in total. The van der Waals surface area contributed by atoms with Gasteiger partial charge >= 0.3 is 0 Å².